The highest BCUT2D eigenvalue weighted by molar-refractivity contribution is 5.37. The first kappa shape index (κ1) is 13.6. The predicted octanol–water partition coefficient (Wildman–Crippen LogP) is 1.27. The zero-order chi connectivity index (χ0) is 12.9. The van der Waals surface area contributed by atoms with Gasteiger partial charge in [0.1, 0.15) is 12.1 Å². The minimum Gasteiger partial charge on any atom is -0.475 e. The third-order valence-corrected chi connectivity index (χ3v) is 1.83. The van der Waals surface area contributed by atoms with Crippen LogP contribution in [0.15, 0.2) is 12.4 Å². The molecule has 0 aliphatic heterocycles. The van der Waals surface area contributed by atoms with Crippen molar-refractivity contribution in [2.75, 3.05) is 18.4 Å². The highest BCUT2D eigenvalue weighted by Crippen LogP contribution is 2.15. The van der Waals surface area contributed by atoms with Gasteiger partial charge in [-0.25, -0.2) is 18.7 Å². The quantitative estimate of drug-likeness (QED) is 0.790. The van der Waals surface area contributed by atoms with Crippen LogP contribution in [0.4, 0.5) is 14.6 Å². The van der Waals surface area contributed by atoms with E-state index in [-0.39, 0.29) is 11.9 Å². The van der Waals surface area contributed by atoms with E-state index >= 15 is 0 Å². The van der Waals surface area contributed by atoms with Gasteiger partial charge in [-0.3, -0.25) is 0 Å². The molecule has 1 heterocycles. The number of ether oxygens (including phenoxy) is 1. The Bertz CT molecular complexity index is 360. The topological polar surface area (TPSA) is 73.1 Å². The summed E-state index contributed by atoms with van der Waals surface area (Å²) in [5, 5.41) is 2.49. The Labute approximate surface area is 98.4 Å². The first-order valence-corrected chi connectivity index (χ1v) is 5.23. The third kappa shape index (κ3) is 4.90. The minimum atomic E-state index is -2.95. The fourth-order valence-electron chi connectivity index (χ4n) is 1.03. The van der Waals surface area contributed by atoms with Gasteiger partial charge in [0.25, 0.3) is 5.92 Å². The Morgan fingerprint density at radius 2 is 2.18 bits per heavy atom. The summed E-state index contributed by atoms with van der Waals surface area (Å²) in [7, 11) is 0. The largest absolute Gasteiger partial charge is 0.475 e. The molecule has 7 heteroatoms. The van der Waals surface area contributed by atoms with Crippen molar-refractivity contribution in [2.45, 2.75) is 25.9 Å². The second-order valence-electron chi connectivity index (χ2n) is 3.82. The molecule has 0 bridgehead atoms. The molecule has 0 fully saturated rings. The van der Waals surface area contributed by atoms with Crippen LogP contribution in [0.5, 0.6) is 5.88 Å². The van der Waals surface area contributed by atoms with Crippen molar-refractivity contribution in [1.82, 2.24) is 9.97 Å². The Balaban J connectivity index is 2.60. The van der Waals surface area contributed by atoms with Gasteiger partial charge < -0.3 is 15.8 Å². The van der Waals surface area contributed by atoms with Gasteiger partial charge in [0.2, 0.25) is 5.88 Å². The molecule has 0 unspecified atom stereocenters. The molecule has 0 aliphatic rings. The van der Waals surface area contributed by atoms with Crippen LogP contribution < -0.4 is 15.8 Å². The summed E-state index contributed by atoms with van der Waals surface area (Å²) in [5.74, 6) is -2.33. The summed E-state index contributed by atoms with van der Waals surface area (Å²) >= 11 is 0. The molecular weight excluding hydrogens is 230 g/mol. The van der Waals surface area contributed by atoms with Crippen LogP contribution in [0.3, 0.4) is 0 Å². The van der Waals surface area contributed by atoms with Crippen LogP contribution in [0.2, 0.25) is 0 Å². The van der Waals surface area contributed by atoms with Crippen molar-refractivity contribution in [3.8, 4) is 5.88 Å². The highest BCUT2D eigenvalue weighted by Gasteiger charge is 2.26. The third-order valence-electron chi connectivity index (χ3n) is 1.83. The highest BCUT2D eigenvalue weighted by atomic mass is 19.3. The van der Waals surface area contributed by atoms with E-state index in [1.807, 2.05) is 13.8 Å². The number of rotatable bonds is 6. The number of nitrogens with one attached hydrogen (secondary N) is 1. The van der Waals surface area contributed by atoms with E-state index in [0.29, 0.717) is 5.88 Å². The van der Waals surface area contributed by atoms with E-state index in [1.165, 1.54) is 12.4 Å². The van der Waals surface area contributed by atoms with Gasteiger partial charge in [-0.2, -0.15) is 0 Å². The lowest BCUT2D eigenvalue weighted by atomic mass is 10.3. The molecule has 0 aromatic carbocycles. The Morgan fingerprint density at radius 3 is 2.76 bits per heavy atom. The number of anilines is 1. The molecule has 0 saturated heterocycles. The van der Waals surface area contributed by atoms with E-state index in [0.717, 1.165) is 0 Å². The monoisotopic (exact) mass is 246 g/mol. The first-order valence-electron chi connectivity index (χ1n) is 5.23. The van der Waals surface area contributed by atoms with Crippen LogP contribution in [0.25, 0.3) is 0 Å². The molecule has 1 rings (SSSR count). The maximum Gasteiger partial charge on any atom is 0.276 e. The van der Waals surface area contributed by atoms with Gasteiger partial charge in [0.15, 0.2) is 0 Å². The standard InChI is InChI=1S/C10H16F2N4O/c1-7(2)17-9-3-8(15-6-16-9)14-5-10(11,12)4-13/h3,6-7H,4-5,13H2,1-2H3,(H,14,15,16). The van der Waals surface area contributed by atoms with Crippen LogP contribution in [-0.4, -0.2) is 35.1 Å². The molecule has 0 radical (unpaired) electrons. The van der Waals surface area contributed by atoms with Gasteiger partial charge in [-0.15, -0.1) is 0 Å². The lowest BCUT2D eigenvalue weighted by molar-refractivity contribution is 0.0253. The molecular formula is C10H16F2N4O. The van der Waals surface area contributed by atoms with Crippen LogP contribution in [0, 0.1) is 0 Å². The zero-order valence-electron chi connectivity index (χ0n) is 9.78. The molecule has 96 valence electrons. The van der Waals surface area contributed by atoms with Gasteiger partial charge in [0, 0.05) is 6.07 Å². The molecule has 17 heavy (non-hydrogen) atoms. The van der Waals surface area contributed by atoms with E-state index < -0.39 is 19.0 Å². The molecule has 0 atom stereocenters. The predicted molar refractivity (Wildman–Crippen MR) is 60.3 cm³/mol. The van der Waals surface area contributed by atoms with Crippen molar-refractivity contribution >= 4 is 5.82 Å². The smallest absolute Gasteiger partial charge is 0.276 e. The van der Waals surface area contributed by atoms with Crippen LogP contribution >= 0.6 is 0 Å². The van der Waals surface area contributed by atoms with E-state index in [9.17, 15) is 8.78 Å². The van der Waals surface area contributed by atoms with Crippen molar-refractivity contribution < 1.29 is 13.5 Å². The number of hydrogen-bond acceptors (Lipinski definition) is 5. The van der Waals surface area contributed by atoms with Gasteiger partial charge in [-0.05, 0) is 13.8 Å². The maximum absolute atomic E-state index is 12.9. The summed E-state index contributed by atoms with van der Waals surface area (Å²) in [6, 6.07) is 1.46. The van der Waals surface area contributed by atoms with E-state index in [4.69, 9.17) is 10.5 Å². The van der Waals surface area contributed by atoms with Crippen molar-refractivity contribution in [2.24, 2.45) is 5.73 Å². The van der Waals surface area contributed by atoms with Crippen molar-refractivity contribution in [3.05, 3.63) is 12.4 Å². The van der Waals surface area contributed by atoms with Gasteiger partial charge in [0.05, 0.1) is 19.2 Å². The molecule has 0 saturated carbocycles. The SMILES string of the molecule is CC(C)Oc1cc(NCC(F)(F)CN)ncn1. The summed E-state index contributed by atoms with van der Waals surface area (Å²) in [5.41, 5.74) is 4.92. The van der Waals surface area contributed by atoms with Crippen LogP contribution in [0.1, 0.15) is 13.8 Å². The number of nitrogens with zero attached hydrogens (tertiary/aromatic N) is 2. The molecule has 1 aromatic heterocycles. The molecule has 5 nitrogen and oxygen atoms in total. The molecule has 3 N–H and O–H groups in total. The van der Waals surface area contributed by atoms with Gasteiger partial charge >= 0.3 is 0 Å². The Morgan fingerprint density at radius 1 is 1.47 bits per heavy atom. The summed E-state index contributed by atoms with van der Waals surface area (Å²) in [6.45, 7) is 2.41. The Kier molecular flexibility index (Phi) is 4.56. The van der Waals surface area contributed by atoms with Crippen molar-refractivity contribution in [1.29, 1.82) is 0 Å². The number of aromatic nitrogens is 2. The lowest BCUT2D eigenvalue weighted by Crippen LogP contribution is -2.35. The zero-order valence-corrected chi connectivity index (χ0v) is 9.78. The number of alkyl halides is 2. The minimum absolute atomic E-state index is 0.0387. The number of hydrogen-bond donors (Lipinski definition) is 2. The number of halogens is 2. The average molecular weight is 246 g/mol. The number of nitrogens with two attached hydrogens (primary N) is 1. The second kappa shape index (κ2) is 5.72. The average Bonchev–Trinajstić information content (AvgIpc) is 2.26. The van der Waals surface area contributed by atoms with Crippen molar-refractivity contribution in [3.63, 3.8) is 0 Å². The van der Waals surface area contributed by atoms with E-state index in [1.54, 1.807) is 0 Å². The molecule has 1 aromatic rings. The lowest BCUT2D eigenvalue weighted by Gasteiger charge is -2.15. The fourth-order valence-corrected chi connectivity index (χ4v) is 1.03. The summed E-state index contributed by atoms with van der Waals surface area (Å²) in [4.78, 5) is 7.67. The normalized spacial score (nSPS) is 11.6. The molecule has 0 spiro atoms. The fraction of sp³-hybridized carbons (Fsp3) is 0.600. The van der Waals surface area contributed by atoms with E-state index in [2.05, 4.69) is 15.3 Å². The first-order chi connectivity index (χ1) is 7.93. The van der Waals surface area contributed by atoms with Gasteiger partial charge in [-0.1, -0.05) is 0 Å². The second-order valence-corrected chi connectivity index (χ2v) is 3.82. The Hall–Kier alpha value is -1.50. The molecule has 0 amide bonds. The summed E-state index contributed by atoms with van der Waals surface area (Å²) < 4.78 is 31.1. The maximum atomic E-state index is 12.9. The molecule has 0 aliphatic carbocycles. The summed E-state index contributed by atoms with van der Waals surface area (Å²) in [6.07, 6.45) is 1.21. The van der Waals surface area contributed by atoms with Crippen LogP contribution in [-0.2, 0) is 0 Å².